The van der Waals surface area contributed by atoms with Gasteiger partial charge < -0.3 is 20.9 Å². The number of carbonyl (C=O) groups excluding carboxylic acids is 1. The Labute approximate surface area is 158 Å². The van der Waals surface area contributed by atoms with E-state index in [4.69, 9.17) is 17.3 Å². The number of anilines is 3. The summed E-state index contributed by atoms with van der Waals surface area (Å²) in [5, 5.41) is 2.48. The zero-order valence-corrected chi connectivity index (χ0v) is 14.9. The molecule has 3 N–H and O–H groups in total. The maximum absolute atomic E-state index is 12.7. The second-order valence-corrected chi connectivity index (χ2v) is 6.44. The fourth-order valence-electron chi connectivity index (χ4n) is 2.89. The number of hydrogen-bond donors (Lipinski definition) is 2. The van der Waals surface area contributed by atoms with Crippen molar-refractivity contribution in [1.82, 2.24) is 4.98 Å². The van der Waals surface area contributed by atoms with E-state index in [9.17, 15) is 18.0 Å². The van der Waals surface area contributed by atoms with Crippen molar-refractivity contribution in [3.63, 3.8) is 0 Å². The van der Waals surface area contributed by atoms with Crippen LogP contribution in [-0.4, -0.2) is 37.2 Å². The van der Waals surface area contributed by atoms with Gasteiger partial charge in [0.1, 0.15) is 5.82 Å². The van der Waals surface area contributed by atoms with Gasteiger partial charge in [-0.25, -0.2) is 9.78 Å². The molecule has 0 unspecified atom stereocenters. The molecule has 6 nitrogen and oxygen atoms in total. The van der Waals surface area contributed by atoms with Gasteiger partial charge in [0.15, 0.2) is 0 Å². The van der Waals surface area contributed by atoms with Crippen LogP contribution in [0.4, 0.5) is 35.2 Å². The Morgan fingerprint density at radius 2 is 1.70 bits per heavy atom. The van der Waals surface area contributed by atoms with E-state index in [-0.39, 0.29) is 5.02 Å². The van der Waals surface area contributed by atoms with Crippen LogP contribution in [0, 0.1) is 0 Å². The van der Waals surface area contributed by atoms with Crippen molar-refractivity contribution in [1.29, 1.82) is 0 Å². The zero-order chi connectivity index (χ0) is 19.6. The Balaban J connectivity index is 1.64. The third kappa shape index (κ3) is 4.54. The number of nitrogens with one attached hydrogen (secondary N) is 1. The van der Waals surface area contributed by atoms with E-state index in [2.05, 4.69) is 15.2 Å². The number of alkyl halides is 3. The molecule has 0 radical (unpaired) electrons. The molecule has 1 saturated heterocycles. The Morgan fingerprint density at radius 3 is 2.22 bits per heavy atom. The number of primary amides is 1. The second-order valence-electron chi connectivity index (χ2n) is 6.04. The molecule has 144 valence electrons. The Kier molecular flexibility index (Phi) is 5.31. The van der Waals surface area contributed by atoms with Gasteiger partial charge in [-0.1, -0.05) is 11.6 Å². The minimum Gasteiger partial charge on any atom is -0.368 e. The van der Waals surface area contributed by atoms with E-state index in [1.54, 1.807) is 12.1 Å². The molecular weight excluding hydrogens is 383 g/mol. The molecule has 0 spiro atoms. The predicted molar refractivity (Wildman–Crippen MR) is 98.3 cm³/mol. The van der Waals surface area contributed by atoms with Crippen LogP contribution in [0.5, 0.6) is 0 Å². The lowest BCUT2D eigenvalue weighted by Gasteiger charge is -2.37. The summed E-state index contributed by atoms with van der Waals surface area (Å²) in [5.74, 6) is 0.352. The molecule has 1 aliphatic heterocycles. The zero-order valence-electron chi connectivity index (χ0n) is 14.1. The molecule has 1 aromatic heterocycles. The number of hydrogen-bond acceptors (Lipinski definition) is 4. The highest BCUT2D eigenvalue weighted by Crippen LogP contribution is 2.34. The topological polar surface area (TPSA) is 74.5 Å². The summed E-state index contributed by atoms with van der Waals surface area (Å²) < 4.78 is 38.2. The molecule has 10 heteroatoms. The van der Waals surface area contributed by atoms with Gasteiger partial charge in [-0.05, 0) is 30.3 Å². The van der Waals surface area contributed by atoms with E-state index in [0.29, 0.717) is 37.7 Å². The minimum atomic E-state index is -4.47. The smallest absolute Gasteiger partial charge is 0.368 e. The van der Waals surface area contributed by atoms with E-state index in [1.807, 2.05) is 17.0 Å². The van der Waals surface area contributed by atoms with Crippen molar-refractivity contribution in [2.45, 2.75) is 6.18 Å². The largest absolute Gasteiger partial charge is 0.417 e. The highest BCUT2D eigenvalue weighted by molar-refractivity contribution is 6.33. The van der Waals surface area contributed by atoms with Crippen LogP contribution < -0.4 is 20.9 Å². The van der Waals surface area contributed by atoms with Crippen molar-refractivity contribution in [3.05, 3.63) is 47.1 Å². The van der Waals surface area contributed by atoms with Crippen molar-refractivity contribution in [2.75, 3.05) is 41.3 Å². The molecule has 0 atom stereocenters. The van der Waals surface area contributed by atoms with Gasteiger partial charge in [0.2, 0.25) is 0 Å². The molecule has 1 aromatic carbocycles. The molecule has 3 rings (SSSR count). The monoisotopic (exact) mass is 399 g/mol. The Bertz CT molecular complexity index is 820. The molecule has 0 saturated carbocycles. The Morgan fingerprint density at radius 1 is 1.11 bits per heavy atom. The van der Waals surface area contributed by atoms with Crippen molar-refractivity contribution >= 4 is 34.8 Å². The highest BCUT2D eigenvalue weighted by Gasteiger charge is 2.32. The number of benzene rings is 1. The van der Waals surface area contributed by atoms with Crippen LogP contribution in [0.3, 0.4) is 0 Å². The number of nitrogens with zero attached hydrogens (tertiary/aromatic N) is 3. The minimum absolute atomic E-state index is 0.0137. The van der Waals surface area contributed by atoms with Gasteiger partial charge in [0.05, 0.1) is 10.6 Å². The van der Waals surface area contributed by atoms with Gasteiger partial charge in [-0.15, -0.1) is 0 Å². The summed E-state index contributed by atoms with van der Waals surface area (Å²) in [6.07, 6.45) is -3.67. The number of pyridine rings is 1. The lowest BCUT2D eigenvalue weighted by Crippen LogP contribution is -2.47. The van der Waals surface area contributed by atoms with Gasteiger partial charge in [0.25, 0.3) is 0 Å². The molecule has 0 bridgehead atoms. The molecule has 1 aliphatic rings. The summed E-state index contributed by atoms with van der Waals surface area (Å²) in [6.45, 7) is 2.45. The van der Waals surface area contributed by atoms with Gasteiger partial charge in [-0.2, -0.15) is 13.2 Å². The highest BCUT2D eigenvalue weighted by atomic mass is 35.5. The first kappa shape index (κ1) is 19.1. The molecule has 2 aromatic rings. The maximum atomic E-state index is 12.7. The lowest BCUT2D eigenvalue weighted by molar-refractivity contribution is -0.137. The Hall–Kier alpha value is -2.68. The van der Waals surface area contributed by atoms with E-state index < -0.39 is 17.8 Å². The van der Waals surface area contributed by atoms with E-state index in [1.165, 1.54) is 0 Å². The summed E-state index contributed by atoms with van der Waals surface area (Å²) in [5.41, 5.74) is 5.79. The summed E-state index contributed by atoms with van der Waals surface area (Å²) in [7, 11) is 0. The van der Waals surface area contributed by atoms with Crippen LogP contribution in [0.15, 0.2) is 36.5 Å². The third-order valence-corrected chi connectivity index (χ3v) is 4.51. The van der Waals surface area contributed by atoms with Crippen LogP contribution in [0.2, 0.25) is 5.02 Å². The number of piperazine rings is 1. The first-order valence-electron chi connectivity index (χ1n) is 8.13. The molecule has 2 amide bonds. The van der Waals surface area contributed by atoms with E-state index in [0.717, 1.165) is 18.0 Å². The SMILES string of the molecule is NC(=O)Nc1ccc(N2CCN(c3ncc(C(F)(F)F)cc3Cl)CC2)cc1. The molecular formula is C17H17ClF3N5O. The van der Waals surface area contributed by atoms with Crippen LogP contribution in [0.1, 0.15) is 5.56 Å². The average molecular weight is 400 g/mol. The number of carbonyl (C=O) groups is 1. The first-order chi connectivity index (χ1) is 12.7. The molecule has 0 aliphatic carbocycles. The third-order valence-electron chi connectivity index (χ3n) is 4.23. The van der Waals surface area contributed by atoms with Crippen molar-refractivity contribution in [2.24, 2.45) is 5.73 Å². The number of amides is 2. The van der Waals surface area contributed by atoms with E-state index >= 15 is 0 Å². The van der Waals surface area contributed by atoms with Gasteiger partial charge >= 0.3 is 12.2 Å². The molecule has 1 fully saturated rings. The van der Waals surface area contributed by atoms with Crippen molar-refractivity contribution in [3.8, 4) is 0 Å². The fourth-order valence-corrected chi connectivity index (χ4v) is 3.18. The number of halogens is 4. The number of nitrogens with two attached hydrogens (primary N) is 1. The average Bonchev–Trinajstić information content (AvgIpc) is 2.61. The normalized spacial score (nSPS) is 15.0. The first-order valence-corrected chi connectivity index (χ1v) is 8.51. The van der Waals surface area contributed by atoms with Gasteiger partial charge in [-0.3, -0.25) is 0 Å². The number of urea groups is 1. The standard InChI is InChI=1S/C17H17ClF3N5O/c18-14-9-11(17(19,20)21)10-23-15(14)26-7-5-25(6-8-26)13-3-1-12(2-4-13)24-16(22)27/h1-4,9-10H,5-8H2,(H3,22,24,27). The van der Waals surface area contributed by atoms with Crippen LogP contribution in [-0.2, 0) is 6.18 Å². The summed E-state index contributed by atoms with van der Waals surface area (Å²) in [6, 6.07) is 7.51. The number of rotatable bonds is 3. The lowest BCUT2D eigenvalue weighted by atomic mass is 10.2. The predicted octanol–water partition coefficient (Wildman–Crippen LogP) is 3.57. The molecule has 27 heavy (non-hydrogen) atoms. The quantitative estimate of drug-likeness (QED) is 0.827. The van der Waals surface area contributed by atoms with Crippen molar-refractivity contribution < 1.29 is 18.0 Å². The number of aromatic nitrogens is 1. The summed E-state index contributed by atoms with van der Waals surface area (Å²) >= 11 is 6.02. The maximum Gasteiger partial charge on any atom is 0.417 e. The fraction of sp³-hybridized carbons (Fsp3) is 0.294. The van der Waals surface area contributed by atoms with Crippen LogP contribution >= 0.6 is 11.6 Å². The molecule has 2 heterocycles. The van der Waals surface area contributed by atoms with Gasteiger partial charge in [0, 0.05) is 43.8 Å². The van der Waals surface area contributed by atoms with Crippen LogP contribution in [0.25, 0.3) is 0 Å². The summed E-state index contributed by atoms with van der Waals surface area (Å²) in [4.78, 5) is 18.7. The second kappa shape index (κ2) is 7.51.